The number of halogens is 2. The van der Waals surface area contributed by atoms with Crippen LogP contribution >= 0.6 is 0 Å². The van der Waals surface area contributed by atoms with Crippen molar-refractivity contribution in [3.8, 4) is 11.5 Å². The summed E-state index contributed by atoms with van der Waals surface area (Å²) in [6, 6.07) is 13.2. The van der Waals surface area contributed by atoms with Crippen molar-refractivity contribution >= 4 is 11.9 Å². The second-order valence-electron chi connectivity index (χ2n) is 7.01. The molecule has 0 spiro atoms. The molecule has 1 aliphatic rings. The summed E-state index contributed by atoms with van der Waals surface area (Å²) in [6.45, 7) is 1.32. The van der Waals surface area contributed by atoms with Crippen molar-refractivity contribution in [3.05, 3.63) is 65.7 Å². The molecule has 3 aromatic rings. The average Bonchev–Trinajstić information content (AvgIpc) is 3.22. The van der Waals surface area contributed by atoms with Gasteiger partial charge in [0.2, 0.25) is 11.8 Å². The molecule has 0 radical (unpaired) electrons. The first-order valence-corrected chi connectivity index (χ1v) is 9.45. The number of anilines is 1. The molecule has 1 aromatic heterocycles. The fourth-order valence-electron chi connectivity index (χ4n) is 3.42. The zero-order chi connectivity index (χ0) is 20.2. The predicted molar refractivity (Wildman–Crippen MR) is 103 cm³/mol. The lowest BCUT2D eigenvalue weighted by atomic mass is 9.96. The smallest absolute Gasteiger partial charge is 0.318 e. The molecule has 1 amide bonds. The van der Waals surface area contributed by atoms with Gasteiger partial charge in [0.05, 0.1) is 0 Å². The van der Waals surface area contributed by atoms with E-state index in [1.54, 1.807) is 0 Å². The lowest BCUT2D eigenvalue weighted by Gasteiger charge is -2.29. The first-order valence-electron chi connectivity index (χ1n) is 9.45. The predicted octanol–water partition coefficient (Wildman–Crippen LogP) is 3.55. The van der Waals surface area contributed by atoms with Crippen LogP contribution in [0.1, 0.15) is 18.4 Å². The molecular formula is C21H20F2N4O2. The highest BCUT2D eigenvalue weighted by Gasteiger charge is 2.27. The van der Waals surface area contributed by atoms with E-state index >= 15 is 0 Å². The number of rotatable bonds is 5. The first-order chi connectivity index (χ1) is 14.1. The number of nitrogens with one attached hydrogen (secondary N) is 1. The van der Waals surface area contributed by atoms with E-state index in [4.69, 9.17) is 4.42 Å². The highest BCUT2D eigenvalue weighted by molar-refractivity contribution is 5.78. The van der Waals surface area contributed by atoms with Gasteiger partial charge in [-0.1, -0.05) is 23.3 Å². The third kappa shape index (κ3) is 4.59. The van der Waals surface area contributed by atoms with Crippen LogP contribution in [0.5, 0.6) is 0 Å². The molecule has 4 rings (SSSR count). The van der Waals surface area contributed by atoms with Crippen molar-refractivity contribution < 1.29 is 18.0 Å². The Morgan fingerprint density at radius 2 is 1.76 bits per heavy atom. The van der Waals surface area contributed by atoms with Crippen molar-refractivity contribution in [2.24, 2.45) is 5.92 Å². The van der Waals surface area contributed by atoms with E-state index in [0.717, 1.165) is 11.6 Å². The summed E-state index contributed by atoms with van der Waals surface area (Å²) in [5.74, 6) is -1.14. The van der Waals surface area contributed by atoms with Gasteiger partial charge in [-0.15, -0.1) is 5.10 Å². The van der Waals surface area contributed by atoms with E-state index in [1.165, 1.54) is 12.1 Å². The molecule has 0 bridgehead atoms. The van der Waals surface area contributed by atoms with E-state index in [9.17, 15) is 13.6 Å². The topological polar surface area (TPSA) is 71.3 Å². The highest BCUT2D eigenvalue weighted by Crippen LogP contribution is 2.26. The third-order valence-electron chi connectivity index (χ3n) is 4.96. The lowest BCUT2D eigenvalue weighted by Crippen LogP contribution is -2.40. The molecule has 1 aliphatic heterocycles. The van der Waals surface area contributed by atoms with Crippen LogP contribution in [0.2, 0.25) is 0 Å². The van der Waals surface area contributed by atoms with E-state index in [-0.39, 0.29) is 18.4 Å². The van der Waals surface area contributed by atoms with E-state index < -0.39 is 11.6 Å². The van der Waals surface area contributed by atoms with Gasteiger partial charge in [-0.05, 0) is 42.7 Å². The van der Waals surface area contributed by atoms with Crippen LogP contribution in [-0.4, -0.2) is 29.2 Å². The average molecular weight is 398 g/mol. The molecule has 1 N–H and O–H groups in total. The van der Waals surface area contributed by atoms with Crippen LogP contribution in [0, 0.1) is 17.6 Å². The fraction of sp³-hybridized carbons (Fsp3) is 0.286. The number of amides is 1. The Morgan fingerprint density at radius 1 is 1.07 bits per heavy atom. The second-order valence-corrected chi connectivity index (χ2v) is 7.01. The van der Waals surface area contributed by atoms with Gasteiger partial charge in [-0.25, -0.2) is 8.78 Å². The normalized spacial score (nSPS) is 14.8. The molecule has 29 heavy (non-hydrogen) atoms. The Bertz CT molecular complexity index is 965. The third-order valence-corrected chi connectivity index (χ3v) is 4.96. The lowest BCUT2D eigenvalue weighted by molar-refractivity contribution is -0.125. The summed E-state index contributed by atoms with van der Waals surface area (Å²) in [7, 11) is 0. The Balaban J connectivity index is 1.30. The zero-order valence-electron chi connectivity index (χ0n) is 15.6. The van der Waals surface area contributed by atoms with Crippen molar-refractivity contribution in [2.45, 2.75) is 19.4 Å². The molecule has 0 saturated carbocycles. The van der Waals surface area contributed by atoms with Crippen LogP contribution in [0.25, 0.3) is 11.5 Å². The largest absolute Gasteiger partial charge is 0.403 e. The molecule has 8 heteroatoms. The molecule has 1 saturated heterocycles. The van der Waals surface area contributed by atoms with Crippen LogP contribution in [0.15, 0.2) is 52.9 Å². The summed E-state index contributed by atoms with van der Waals surface area (Å²) in [4.78, 5) is 14.4. The van der Waals surface area contributed by atoms with Gasteiger partial charge >= 0.3 is 6.01 Å². The highest BCUT2D eigenvalue weighted by atomic mass is 19.1. The molecule has 0 aliphatic carbocycles. The molecule has 6 nitrogen and oxygen atoms in total. The first kappa shape index (κ1) is 19.0. The van der Waals surface area contributed by atoms with Gasteiger partial charge in [-0.2, -0.15) is 0 Å². The van der Waals surface area contributed by atoms with Crippen LogP contribution in [-0.2, 0) is 11.3 Å². The molecule has 0 unspecified atom stereocenters. The van der Waals surface area contributed by atoms with Gasteiger partial charge in [-0.3, -0.25) is 4.79 Å². The molecular weight excluding hydrogens is 378 g/mol. The van der Waals surface area contributed by atoms with Gasteiger partial charge in [0.25, 0.3) is 0 Å². The minimum atomic E-state index is -0.656. The number of benzene rings is 2. The van der Waals surface area contributed by atoms with E-state index in [2.05, 4.69) is 15.5 Å². The molecule has 2 aromatic carbocycles. The van der Waals surface area contributed by atoms with E-state index in [1.807, 2.05) is 35.2 Å². The SMILES string of the molecule is O=C(NCc1cc(F)cc(F)c1)C1CCN(c2nnc(-c3ccccc3)o2)CC1. The van der Waals surface area contributed by atoms with Crippen molar-refractivity contribution in [2.75, 3.05) is 18.0 Å². The zero-order valence-corrected chi connectivity index (χ0v) is 15.6. The summed E-state index contributed by atoms with van der Waals surface area (Å²) in [5, 5.41) is 11.0. The Morgan fingerprint density at radius 3 is 2.45 bits per heavy atom. The molecule has 1 fully saturated rings. The maximum Gasteiger partial charge on any atom is 0.318 e. The molecule has 150 valence electrons. The second kappa shape index (κ2) is 8.38. The Kier molecular flexibility index (Phi) is 5.50. The Labute approximate surface area is 166 Å². The number of piperidine rings is 1. The minimum absolute atomic E-state index is 0.0951. The van der Waals surface area contributed by atoms with Gasteiger partial charge in [0.15, 0.2) is 0 Å². The fourth-order valence-corrected chi connectivity index (χ4v) is 3.42. The van der Waals surface area contributed by atoms with Crippen molar-refractivity contribution in [1.29, 1.82) is 0 Å². The summed E-state index contributed by atoms with van der Waals surface area (Å²) >= 11 is 0. The van der Waals surface area contributed by atoms with Crippen LogP contribution in [0.3, 0.4) is 0 Å². The number of nitrogens with zero attached hydrogens (tertiary/aromatic N) is 3. The number of aromatic nitrogens is 2. The summed E-state index contributed by atoms with van der Waals surface area (Å²) in [5.41, 5.74) is 1.25. The summed E-state index contributed by atoms with van der Waals surface area (Å²) in [6.07, 6.45) is 1.26. The monoisotopic (exact) mass is 398 g/mol. The van der Waals surface area contributed by atoms with Crippen LogP contribution < -0.4 is 10.2 Å². The number of carbonyl (C=O) groups excluding carboxylic acids is 1. The van der Waals surface area contributed by atoms with E-state index in [0.29, 0.717) is 43.4 Å². The Hall–Kier alpha value is -3.29. The van der Waals surface area contributed by atoms with Crippen molar-refractivity contribution in [1.82, 2.24) is 15.5 Å². The van der Waals surface area contributed by atoms with Gasteiger partial charge < -0.3 is 14.6 Å². The number of hydrogen-bond donors (Lipinski definition) is 1. The maximum atomic E-state index is 13.2. The van der Waals surface area contributed by atoms with Crippen molar-refractivity contribution in [3.63, 3.8) is 0 Å². The van der Waals surface area contributed by atoms with Gasteiger partial charge in [0.1, 0.15) is 11.6 Å². The quantitative estimate of drug-likeness (QED) is 0.712. The standard InChI is InChI=1S/C21H20F2N4O2/c22-17-10-14(11-18(23)12-17)13-24-19(28)15-6-8-27(9-7-15)21-26-25-20(29-21)16-4-2-1-3-5-16/h1-5,10-12,15H,6-9,13H2,(H,24,28). The minimum Gasteiger partial charge on any atom is -0.403 e. The van der Waals surface area contributed by atoms with Crippen LogP contribution in [0.4, 0.5) is 14.8 Å². The number of hydrogen-bond acceptors (Lipinski definition) is 5. The summed E-state index contributed by atoms with van der Waals surface area (Å²) < 4.78 is 32.3. The molecule has 2 heterocycles. The maximum absolute atomic E-state index is 13.2. The molecule has 0 atom stereocenters. The van der Waals surface area contributed by atoms with Gasteiger partial charge in [0, 0.05) is 37.2 Å². The number of carbonyl (C=O) groups is 1.